The van der Waals surface area contributed by atoms with Gasteiger partial charge in [0.25, 0.3) is 17.7 Å². The maximum atomic E-state index is 12.8. The zero-order chi connectivity index (χ0) is 21.6. The van der Waals surface area contributed by atoms with Gasteiger partial charge in [0.05, 0.1) is 11.1 Å². The van der Waals surface area contributed by atoms with Crippen molar-refractivity contribution >= 4 is 17.7 Å². The largest absolute Gasteiger partial charge is 0.385 e. The van der Waals surface area contributed by atoms with Crippen LogP contribution in [-0.2, 0) is 4.74 Å². The van der Waals surface area contributed by atoms with Crippen LogP contribution in [-0.4, -0.2) is 49.4 Å². The molecule has 0 saturated heterocycles. The molecule has 0 spiro atoms. The van der Waals surface area contributed by atoms with E-state index in [1.807, 2.05) is 0 Å². The van der Waals surface area contributed by atoms with Crippen molar-refractivity contribution in [2.75, 3.05) is 26.8 Å². The highest BCUT2D eigenvalue weighted by molar-refractivity contribution is 6.22. The van der Waals surface area contributed by atoms with Crippen LogP contribution in [0.3, 0.4) is 0 Å². The Kier molecular flexibility index (Phi) is 5.37. The van der Waals surface area contributed by atoms with Crippen LogP contribution in [0, 0.1) is 23.2 Å². The lowest BCUT2D eigenvalue weighted by Crippen LogP contribution is -2.47. The van der Waals surface area contributed by atoms with Crippen molar-refractivity contribution < 1.29 is 19.1 Å². The number of benzene rings is 1. The van der Waals surface area contributed by atoms with Gasteiger partial charge in [-0.1, -0.05) is 0 Å². The second kappa shape index (κ2) is 8.05. The maximum Gasteiger partial charge on any atom is 0.261 e. The number of imide groups is 1. The third kappa shape index (κ3) is 3.79. The standard InChI is InChI=1S/C25H32N2O4/c1-31-8-2-7-27-23(29)20-4-3-19(12-21(20)24(27)30)22(28)26-6-5-25-13-16-9-17(14-25)11-18(10-16)15-25/h3-4,12,16-18H,2,5-11,13-15H2,1H3,(H,26,28). The Morgan fingerprint density at radius 2 is 1.71 bits per heavy atom. The molecule has 1 aromatic rings. The Morgan fingerprint density at radius 3 is 2.35 bits per heavy atom. The van der Waals surface area contributed by atoms with Crippen LogP contribution in [0.25, 0.3) is 0 Å². The van der Waals surface area contributed by atoms with Crippen molar-refractivity contribution in [2.24, 2.45) is 23.2 Å². The molecule has 1 aliphatic heterocycles. The normalized spacial score (nSPS) is 30.7. The minimum absolute atomic E-state index is 0.161. The van der Waals surface area contributed by atoms with E-state index in [0.717, 1.165) is 24.2 Å². The summed E-state index contributed by atoms with van der Waals surface area (Å²) >= 11 is 0. The third-order valence-corrected chi connectivity index (χ3v) is 8.07. The quantitative estimate of drug-likeness (QED) is 0.510. The predicted octanol–water partition coefficient (Wildman–Crippen LogP) is 3.66. The first kappa shape index (κ1) is 20.7. The van der Waals surface area contributed by atoms with Gasteiger partial charge in [0.15, 0.2) is 0 Å². The highest BCUT2D eigenvalue weighted by atomic mass is 16.5. The molecule has 1 N–H and O–H groups in total. The van der Waals surface area contributed by atoms with Crippen molar-refractivity contribution in [1.82, 2.24) is 10.2 Å². The van der Waals surface area contributed by atoms with Gasteiger partial charge in [0, 0.05) is 32.4 Å². The van der Waals surface area contributed by atoms with Crippen LogP contribution in [0.4, 0.5) is 0 Å². The van der Waals surface area contributed by atoms with E-state index < -0.39 is 0 Å². The lowest BCUT2D eigenvalue weighted by molar-refractivity contribution is -0.0564. The topological polar surface area (TPSA) is 75.7 Å². The van der Waals surface area contributed by atoms with Crippen LogP contribution in [0.1, 0.15) is 82.4 Å². The summed E-state index contributed by atoms with van der Waals surface area (Å²) in [6.07, 6.45) is 9.94. The van der Waals surface area contributed by atoms with E-state index in [4.69, 9.17) is 4.74 Å². The van der Waals surface area contributed by atoms with Crippen LogP contribution >= 0.6 is 0 Å². The van der Waals surface area contributed by atoms with Crippen molar-refractivity contribution in [3.05, 3.63) is 34.9 Å². The number of rotatable bonds is 8. The number of methoxy groups -OCH3 is 1. The summed E-state index contributed by atoms with van der Waals surface area (Å²) < 4.78 is 5.01. The number of nitrogens with zero attached hydrogens (tertiary/aromatic N) is 1. The lowest BCUT2D eigenvalue weighted by Gasteiger charge is -2.57. The van der Waals surface area contributed by atoms with Crippen molar-refractivity contribution in [3.63, 3.8) is 0 Å². The average Bonchev–Trinajstić information content (AvgIpc) is 2.97. The van der Waals surface area contributed by atoms with E-state index in [1.54, 1.807) is 25.3 Å². The van der Waals surface area contributed by atoms with Gasteiger partial charge in [-0.3, -0.25) is 19.3 Å². The first-order chi connectivity index (χ1) is 15.0. The zero-order valence-electron chi connectivity index (χ0n) is 18.3. The van der Waals surface area contributed by atoms with Crippen LogP contribution in [0.5, 0.6) is 0 Å². The summed E-state index contributed by atoms with van der Waals surface area (Å²) in [5.74, 6) is 1.96. The molecular formula is C25H32N2O4. The van der Waals surface area contributed by atoms with Gasteiger partial charge < -0.3 is 10.1 Å². The van der Waals surface area contributed by atoms with Crippen molar-refractivity contribution in [3.8, 4) is 0 Å². The molecule has 6 heteroatoms. The summed E-state index contributed by atoms with van der Waals surface area (Å²) in [5.41, 5.74) is 1.60. The predicted molar refractivity (Wildman–Crippen MR) is 116 cm³/mol. The molecule has 4 bridgehead atoms. The summed E-state index contributed by atoms with van der Waals surface area (Å²) in [6, 6.07) is 4.84. The maximum absolute atomic E-state index is 12.8. The smallest absolute Gasteiger partial charge is 0.261 e. The minimum atomic E-state index is -0.320. The molecule has 0 radical (unpaired) electrons. The van der Waals surface area contributed by atoms with E-state index in [9.17, 15) is 14.4 Å². The fraction of sp³-hybridized carbons (Fsp3) is 0.640. The number of carbonyl (C=O) groups excluding carboxylic acids is 3. The number of carbonyl (C=O) groups is 3. The average molecular weight is 425 g/mol. The number of hydrogen-bond acceptors (Lipinski definition) is 4. The highest BCUT2D eigenvalue weighted by Crippen LogP contribution is 2.61. The second-order valence-corrected chi connectivity index (χ2v) is 10.3. The first-order valence-corrected chi connectivity index (χ1v) is 11.8. The SMILES string of the molecule is COCCCN1C(=O)c2ccc(C(=O)NCCC34CC5CC(CC(C5)C3)C4)cc2C1=O. The van der Waals surface area contributed by atoms with Gasteiger partial charge in [-0.25, -0.2) is 0 Å². The van der Waals surface area contributed by atoms with Gasteiger partial charge in [0.1, 0.15) is 0 Å². The van der Waals surface area contributed by atoms with Gasteiger partial charge in [0.2, 0.25) is 0 Å². The summed E-state index contributed by atoms with van der Waals surface area (Å²) in [6.45, 7) is 1.50. The van der Waals surface area contributed by atoms with Gasteiger partial charge >= 0.3 is 0 Å². The Balaban J connectivity index is 1.20. The van der Waals surface area contributed by atoms with Crippen LogP contribution < -0.4 is 5.32 Å². The van der Waals surface area contributed by atoms with Gasteiger partial charge in [-0.15, -0.1) is 0 Å². The zero-order valence-corrected chi connectivity index (χ0v) is 18.3. The molecule has 6 rings (SSSR count). The Labute approximate surface area is 183 Å². The molecule has 3 amide bonds. The van der Waals surface area contributed by atoms with Gasteiger partial charge in [-0.2, -0.15) is 0 Å². The van der Waals surface area contributed by atoms with Gasteiger partial charge in [-0.05, 0) is 92.7 Å². The molecule has 0 aromatic heterocycles. The molecule has 6 nitrogen and oxygen atoms in total. The molecule has 166 valence electrons. The summed E-state index contributed by atoms with van der Waals surface area (Å²) in [4.78, 5) is 39.2. The second-order valence-electron chi connectivity index (χ2n) is 10.3. The molecule has 4 aliphatic carbocycles. The molecule has 5 aliphatic rings. The number of fused-ring (bicyclic) bond motifs is 1. The Hall–Kier alpha value is -2.21. The van der Waals surface area contributed by atoms with Crippen molar-refractivity contribution in [1.29, 1.82) is 0 Å². The van der Waals surface area contributed by atoms with E-state index in [1.165, 1.54) is 43.4 Å². The fourth-order valence-corrected chi connectivity index (χ4v) is 7.14. The Bertz CT molecular complexity index is 873. The number of nitrogens with one attached hydrogen (secondary N) is 1. The minimum Gasteiger partial charge on any atom is -0.385 e. The summed E-state index contributed by atoms with van der Waals surface area (Å²) in [5, 5.41) is 3.08. The van der Waals surface area contributed by atoms with E-state index in [0.29, 0.717) is 48.2 Å². The number of hydrogen-bond donors (Lipinski definition) is 1. The summed E-state index contributed by atoms with van der Waals surface area (Å²) in [7, 11) is 1.59. The van der Waals surface area contributed by atoms with E-state index in [-0.39, 0.29) is 17.7 Å². The molecule has 4 saturated carbocycles. The molecule has 0 atom stereocenters. The lowest BCUT2D eigenvalue weighted by atomic mass is 9.49. The molecule has 1 aromatic carbocycles. The monoisotopic (exact) mass is 424 g/mol. The van der Waals surface area contributed by atoms with Crippen LogP contribution in [0.15, 0.2) is 18.2 Å². The first-order valence-electron chi connectivity index (χ1n) is 11.8. The third-order valence-electron chi connectivity index (χ3n) is 8.07. The molecule has 4 fully saturated rings. The van der Waals surface area contributed by atoms with Crippen LogP contribution in [0.2, 0.25) is 0 Å². The molecule has 1 heterocycles. The molecule has 0 unspecified atom stereocenters. The molecule has 31 heavy (non-hydrogen) atoms. The van der Waals surface area contributed by atoms with E-state index >= 15 is 0 Å². The molecular weight excluding hydrogens is 392 g/mol. The van der Waals surface area contributed by atoms with E-state index in [2.05, 4.69) is 5.32 Å². The highest BCUT2D eigenvalue weighted by Gasteiger charge is 2.50. The fourth-order valence-electron chi connectivity index (χ4n) is 7.14. The number of ether oxygens (including phenoxy) is 1. The Morgan fingerprint density at radius 1 is 1.06 bits per heavy atom. The van der Waals surface area contributed by atoms with Crippen molar-refractivity contribution in [2.45, 2.75) is 51.4 Å². The number of amides is 3.